The molecule has 1 aromatic rings. The molecule has 0 spiro atoms. The molecule has 0 saturated heterocycles. The van der Waals surface area contributed by atoms with Crippen LogP contribution in [0.1, 0.15) is 89.7 Å². The average molecular weight is 450 g/mol. The van der Waals surface area contributed by atoms with Crippen molar-refractivity contribution in [2.75, 3.05) is 6.54 Å². The van der Waals surface area contributed by atoms with Gasteiger partial charge in [0.1, 0.15) is 5.60 Å². The van der Waals surface area contributed by atoms with Gasteiger partial charge in [0, 0.05) is 25.9 Å². The third kappa shape index (κ3) is 13.7. The Morgan fingerprint density at radius 1 is 0.844 bits per heavy atom. The van der Waals surface area contributed by atoms with E-state index in [0.717, 1.165) is 49.7 Å². The highest BCUT2D eigenvalue weighted by Crippen LogP contribution is 2.16. The van der Waals surface area contributed by atoms with E-state index in [1.807, 2.05) is 39.0 Å². The van der Waals surface area contributed by atoms with Crippen molar-refractivity contribution in [2.24, 2.45) is 0 Å². The number of aryl methyl sites for hydroxylation is 1. The van der Waals surface area contributed by atoms with E-state index < -0.39 is 17.5 Å². The van der Waals surface area contributed by atoms with Gasteiger partial charge in [-0.2, -0.15) is 0 Å². The van der Waals surface area contributed by atoms with E-state index in [2.05, 4.69) is 6.07 Å². The van der Waals surface area contributed by atoms with E-state index >= 15 is 0 Å². The quantitative estimate of drug-likeness (QED) is 0.336. The van der Waals surface area contributed by atoms with Crippen LogP contribution in [-0.2, 0) is 27.3 Å². The second-order valence-electron chi connectivity index (χ2n) is 9.23. The van der Waals surface area contributed by atoms with Crippen LogP contribution in [-0.4, -0.2) is 45.3 Å². The monoisotopic (exact) mass is 449 g/mol. The molecule has 7 heteroatoms. The van der Waals surface area contributed by atoms with Crippen molar-refractivity contribution < 1.29 is 29.3 Å². The van der Waals surface area contributed by atoms with Crippen molar-refractivity contribution >= 4 is 18.0 Å². The summed E-state index contributed by atoms with van der Waals surface area (Å²) in [6, 6.07) is 8.06. The number of carbonyl (C=O) groups excluding carboxylic acids is 1. The molecule has 0 aliphatic heterocycles. The largest absolute Gasteiger partial charge is 0.481 e. The van der Waals surface area contributed by atoms with Crippen molar-refractivity contribution in [3.8, 4) is 0 Å². The highest BCUT2D eigenvalue weighted by molar-refractivity contribution is 5.68. The summed E-state index contributed by atoms with van der Waals surface area (Å²) in [6.45, 7) is 6.59. The number of aliphatic carboxylic acids is 2. The number of carboxylic acid groups (broad SMARTS) is 2. The molecule has 0 fully saturated rings. The zero-order chi connectivity index (χ0) is 24.0. The van der Waals surface area contributed by atoms with E-state index in [9.17, 15) is 14.4 Å². The van der Waals surface area contributed by atoms with Crippen LogP contribution in [0.2, 0.25) is 0 Å². The molecule has 180 valence electrons. The van der Waals surface area contributed by atoms with Crippen molar-refractivity contribution in [2.45, 2.75) is 97.1 Å². The Morgan fingerprint density at radius 3 is 2.03 bits per heavy atom. The van der Waals surface area contributed by atoms with Crippen LogP contribution in [0, 0.1) is 0 Å². The first-order valence-corrected chi connectivity index (χ1v) is 11.6. The predicted octanol–water partition coefficient (Wildman–Crippen LogP) is 5.65. The normalized spacial score (nSPS) is 11.2. The van der Waals surface area contributed by atoms with Crippen molar-refractivity contribution in [1.82, 2.24) is 4.90 Å². The van der Waals surface area contributed by atoms with Crippen molar-refractivity contribution in [1.29, 1.82) is 0 Å². The molecule has 0 saturated carbocycles. The number of benzene rings is 1. The zero-order valence-electron chi connectivity index (χ0n) is 19.8. The Balaban J connectivity index is 2.62. The van der Waals surface area contributed by atoms with Crippen LogP contribution in [0.25, 0.3) is 0 Å². The molecule has 0 unspecified atom stereocenters. The van der Waals surface area contributed by atoms with E-state index in [1.54, 1.807) is 4.90 Å². The lowest BCUT2D eigenvalue weighted by Gasteiger charge is -2.27. The molecule has 1 amide bonds. The van der Waals surface area contributed by atoms with Gasteiger partial charge in [0.25, 0.3) is 0 Å². The van der Waals surface area contributed by atoms with Crippen LogP contribution < -0.4 is 0 Å². The Hall–Kier alpha value is -2.57. The summed E-state index contributed by atoms with van der Waals surface area (Å²) in [5, 5.41) is 17.5. The summed E-state index contributed by atoms with van der Waals surface area (Å²) >= 11 is 0. The van der Waals surface area contributed by atoms with Crippen LogP contribution in [0.5, 0.6) is 0 Å². The van der Waals surface area contributed by atoms with Gasteiger partial charge >= 0.3 is 18.0 Å². The predicted molar refractivity (Wildman–Crippen MR) is 124 cm³/mol. The Morgan fingerprint density at radius 2 is 1.41 bits per heavy atom. The van der Waals surface area contributed by atoms with Crippen LogP contribution in [0.4, 0.5) is 4.79 Å². The fourth-order valence-electron chi connectivity index (χ4n) is 3.38. The fraction of sp³-hybridized carbons (Fsp3) is 0.640. The van der Waals surface area contributed by atoms with Gasteiger partial charge in [-0.15, -0.1) is 0 Å². The molecule has 1 aromatic carbocycles. The summed E-state index contributed by atoms with van der Waals surface area (Å²) in [7, 11) is 0. The first-order chi connectivity index (χ1) is 15.1. The van der Waals surface area contributed by atoms with E-state index in [-0.39, 0.29) is 18.9 Å². The second kappa shape index (κ2) is 14.5. The number of hydrogen-bond donors (Lipinski definition) is 2. The minimum atomic E-state index is -0.770. The molecule has 1 rings (SSSR count). The average Bonchev–Trinajstić information content (AvgIpc) is 2.68. The Bertz CT molecular complexity index is 725. The number of unbranched alkanes of at least 4 members (excludes halogenated alkanes) is 5. The number of carboxylic acids is 2. The van der Waals surface area contributed by atoms with Gasteiger partial charge in [0.05, 0.1) is 0 Å². The molecule has 0 bridgehead atoms. The van der Waals surface area contributed by atoms with Gasteiger partial charge in [-0.25, -0.2) is 4.79 Å². The lowest BCUT2D eigenvalue weighted by molar-refractivity contribution is -0.138. The summed E-state index contributed by atoms with van der Waals surface area (Å²) in [4.78, 5) is 35.7. The van der Waals surface area contributed by atoms with E-state index in [0.29, 0.717) is 25.9 Å². The number of carbonyl (C=O) groups is 3. The SMILES string of the molecule is CC(C)(C)OC(=O)N(CCCCCCCC(=O)O)Cc1cccc(CCCCC(=O)O)c1. The van der Waals surface area contributed by atoms with Gasteiger partial charge in [-0.3, -0.25) is 9.59 Å². The minimum Gasteiger partial charge on any atom is -0.481 e. The zero-order valence-corrected chi connectivity index (χ0v) is 19.8. The molecule has 0 aliphatic carbocycles. The maximum atomic E-state index is 12.7. The number of amides is 1. The maximum absolute atomic E-state index is 12.7. The van der Waals surface area contributed by atoms with Crippen LogP contribution >= 0.6 is 0 Å². The molecule has 32 heavy (non-hydrogen) atoms. The lowest BCUT2D eigenvalue weighted by atomic mass is 10.0. The van der Waals surface area contributed by atoms with Crippen LogP contribution in [0.15, 0.2) is 24.3 Å². The molecular weight excluding hydrogens is 410 g/mol. The van der Waals surface area contributed by atoms with E-state index in [1.165, 1.54) is 0 Å². The molecule has 0 heterocycles. The molecule has 0 radical (unpaired) electrons. The lowest BCUT2D eigenvalue weighted by Crippen LogP contribution is -2.37. The minimum absolute atomic E-state index is 0.183. The molecule has 0 atom stereocenters. The Kier molecular flexibility index (Phi) is 12.4. The van der Waals surface area contributed by atoms with Gasteiger partial charge in [-0.05, 0) is 64.0 Å². The molecular formula is C25H39NO6. The molecule has 0 aliphatic rings. The first-order valence-electron chi connectivity index (χ1n) is 11.6. The molecule has 7 nitrogen and oxygen atoms in total. The topological polar surface area (TPSA) is 104 Å². The number of hydrogen-bond acceptors (Lipinski definition) is 4. The van der Waals surface area contributed by atoms with E-state index in [4.69, 9.17) is 14.9 Å². The summed E-state index contributed by atoms with van der Waals surface area (Å²) in [5.74, 6) is -1.53. The van der Waals surface area contributed by atoms with Crippen molar-refractivity contribution in [3.05, 3.63) is 35.4 Å². The summed E-state index contributed by atoms with van der Waals surface area (Å²) in [5.41, 5.74) is 1.58. The first kappa shape index (κ1) is 27.5. The van der Waals surface area contributed by atoms with Crippen LogP contribution in [0.3, 0.4) is 0 Å². The Labute approximate surface area is 191 Å². The number of rotatable bonds is 15. The fourth-order valence-corrected chi connectivity index (χ4v) is 3.38. The number of ether oxygens (including phenoxy) is 1. The summed E-state index contributed by atoms with van der Waals surface area (Å²) < 4.78 is 5.59. The highest BCUT2D eigenvalue weighted by atomic mass is 16.6. The third-order valence-corrected chi connectivity index (χ3v) is 4.94. The molecule has 0 aromatic heterocycles. The third-order valence-electron chi connectivity index (χ3n) is 4.94. The van der Waals surface area contributed by atoms with Gasteiger partial charge in [-0.1, -0.05) is 43.5 Å². The van der Waals surface area contributed by atoms with Crippen molar-refractivity contribution in [3.63, 3.8) is 0 Å². The smallest absolute Gasteiger partial charge is 0.410 e. The van der Waals surface area contributed by atoms with Gasteiger partial charge in [0.15, 0.2) is 0 Å². The van der Waals surface area contributed by atoms with Gasteiger partial charge < -0.3 is 19.8 Å². The molecule has 2 N–H and O–H groups in total. The maximum Gasteiger partial charge on any atom is 0.410 e. The standard InChI is InChI=1S/C25H39NO6/c1-25(2,3)32-24(31)26(17-10-6-4-5-7-15-22(27)28)19-21-14-11-13-20(18-21)12-8-9-16-23(29)30/h11,13-14,18H,4-10,12,15-17,19H2,1-3H3,(H,27,28)(H,29,30). The highest BCUT2D eigenvalue weighted by Gasteiger charge is 2.22. The number of nitrogens with zero attached hydrogens (tertiary/aromatic N) is 1. The summed E-state index contributed by atoms with van der Waals surface area (Å²) in [6.07, 6.45) is 6.60. The second-order valence-corrected chi connectivity index (χ2v) is 9.23. The van der Waals surface area contributed by atoms with Gasteiger partial charge in [0.2, 0.25) is 0 Å².